The SMILES string of the molecule is Cc1cc(-c2nnc(COC(=O)Cc3ccc(Cl)cc3Cl)o2)c(C)o1. The highest BCUT2D eigenvalue weighted by molar-refractivity contribution is 6.35. The summed E-state index contributed by atoms with van der Waals surface area (Å²) in [4.78, 5) is 11.9. The van der Waals surface area contributed by atoms with Crippen molar-refractivity contribution < 1.29 is 18.4 Å². The summed E-state index contributed by atoms with van der Waals surface area (Å²) in [6.07, 6.45) is 0.0248. The molecule has 0 unspecified atom stereocenters. The minimum absolute atomic E-state index is 0.0248. The number of nitrogens with zero attached hydrogens (tertiary/aromatic N) is 2. The molecule has 3 rings (SSSR count). The van der Waals surface area contributed by atoms with Gasteiger partial charge in [-0.05, 0) is 37.6 Å². The van der Waals surface area contributed by atoms with Gasteiger partial charge < -0.3 is 13.6 Å². The van der Waals surface area contributed by atoms with Crippen LogP contribution in [0.2, 0.25) is 10.0 Å². The Morgan fingerprint density at radius 3 is 2.64 bits per heavy atom. The Morgan fingerprint density at radius 1 is 1.16 bits per heavy atom. The molecule has 2 aromatic heterocycles. The number of carbonyl (C=O) groups is 1. The maximum absolute atomic E-state index is 11.9. The Hall–Kier alpha value is -2.31. The van der Waals surface area contributed by atoms with E-state index in [4.69, 9.17) is 36.8 Å². The molecule has 0 bridgehead atoms. The molecule has 0 fully saturated rings. The summed E-state index contributed by atoms with van der Waals surface area (Å²) in [6, 6.07) is 6.72. The first-order valence-corrected chi connectivity index (χ1v) is 8.17. The van der Waals surface area contributed by atoms with E-state index in [1.807, 2.05) is 13.8 Å². The lowest BCUT2D eigenvalue weighted by Gasteiger charge is -2.04. The minimum atomic E-state index is -0.459. The Kier molecular flexibility index (Phi) is 5.11. The molecule has 8 heteroatoms. The van der Waals surface area contributed by atoms with Crippen LogP contribution in [0.3, 0.4) is 0 Å². The van der Waals surface area contributed by atoms with Gasteiger partial charge in [-0.1, -0.05) is 29.3 Å². The Labute approximate surface area is 153 Å². The van der Waals surface area contributed by atoms with Gasteiger partial charge in [0.2, 0.25) is 0 Å². The van der Waals surface area contributed by atoms with E-state index in [1.165, 1.54) is 0 Å². The lowest BCUT2D eigenvalue weighted by Crippen LogP contribution is -2.08. The standard InChI is InChI=1S/C17H14Cl2N2O4/c1-9-5-13(10(2)24-9)17-21-20-15(25-17)8-23-16(22)6-11-3-4-12(18)7-14(11)19/h3-5,7H,6,8H2,1-2H3. The average Bonchev–Trinajstić information content (AvgIpc) is 3.14. The van der Waals surface area contributed by atoms with Crippen molar-refractivity contribution in [1.29, 1.82) is 0 Å². The van der Waals surface area contributed by atoms with E-state index in [0.29, 0.717) is 27.3 Å². The van der Waals surface area contributed by atoms with Gasteiger partial charge in [0.1, 0.15) is 11.5 Å². The third-order valence-corrected chi connectivity index (χ3v) is 4.03. The molecular weight excluding hydrogens is 367 g/mol. The van der Waals surface area contributed by atoms with E-state index < -0.39 is 5.97 Å². The molecule has 0 N–H and O–H groups in total. The monoisotopic (exact) mass is 380 g/mol. The summed E-state index contributed by atoms with van der Waals surface area (Å²) >= 11 is 11.9. The molecule has 1 aromatic carbocycles. The van der Waals surface area contributed by atoms with Crippen LogP contribution in [0.5, 0.6) is 0 Å². The number of rotatable bonds is 5. The van der Waals surface area contributed by atoms with Crippen molar-refractivity contribution in [2.24, 2.45) is 0 Å². The zero-order valence-electron chi connectivity index (χ0n) is 13.5. The first-order chi connectivity index (χ1) is 11.9. The van der Waals surface area contributed by atoms with Crippen LogP contribution < -0.4 is 0 Å². The first kappa shape index (κ1) is 17.5. The number of halogens is 2. The third kappa shape index (κ3) is 4.21. The highest BCUT2D eigenvalue weighted by atomic mass is 35.5. The number of esters is 1. The summed E-state index contributed by atoms with van der Waals surface area (Å²) in [6.45, 7) is 3.52. The van der Waals surface area contributed by atoms with Gasteiger partial charge in [-0.25, -0.2) is 0 Å². The fraction of sp³-hybridized carbons (Fsp3) is 0.235. The molecule has 130 valence electrons. The number of hydrogen-bond acceptors (Lipinski definition) is 6. The van der Waals surface area contributed by atoms with Crippen LogP contribution in [0, 0.1) is 13.8 Å². The van der Waals surface area contributed by atoms with E-state index >= 15 is 0 Å². The fourth-order valence-corrected chi connectivity index (χ4v) is 2.75. The molecule has 25 heavy (non-hydrogen) atoms. The highest BCUT2D eigenvalue weighted by Crippen LogP contribution is 2.25. The van der Waals surface area contributed by atoms with E-state index in [9.17, 15) is 4.79 Å². The van der Waals surface area contributed by atoms with Gasteiger partial charge in [0.15, 0.2) is 6.61 Å². The Morgan fingerprint density at radius 2 is 1.96 bits per heavy atom. The zero-order chi connectivity index (χ0) is 18.0. The third-order valence-electron chi connectivity index (χ3n) is 3.44. The molecule has 0 aliphatic heterocycles. The maximum atomic E-state index is 11.9. The lowest BCUT2D eigenvalue weighted by molar-refractivity contribution is -0.144. The van der Waals surface area contributed by atoms with Crippen LogP contribution in [-0.2, 0) is 22.6 Å². The van der Waals surface area contributed by atoms with Crippen LogP contribution >= 0.6 is 23.2 Å². The van der Waals surface area contributed by atoms with Crippen molar-refractivity contribution >= 4 is 29.2 Å². The average molecular weight is 381 g/mol. The first-order valence-electron chi connectivity index (χ1n) is 7.41. The van der Waals surface area contributed by atoms with Gasteiger partial charge >= 0.3 is 5.97 Å². The Balaban J connectivity index is 1.60. The number of benzene rings is 1. The molecule has 0 aliphatic carbocycles. The second-order valence-electron chi connectivity index (χ2n) is 5.40. The molecule has 3 aromatic rings. The van der Waals surface area contributed by atoms with Crippen LogP contribution in [0.25, 0.3) is 11.5 Å². The maximum Gasteiger partial charge on any atom is 0.310 e. The fourth-order valence-electron chi connectivity index (χ4n) is 2.28. The number of furan rings is 1. The molecular formula is C17H14Cl2N2O4. The second kappa shape index (κ2) is 7.29. The van der Waals surface area contributed by atoms with Gasteiger partial charge in [0.05, 0.1) is 12.0 Å². The molecule has 0 aliphatic rings. The van der Waals surface area contributed by atoms with Gasteiger partial charge in [0.25, 0.3) is 11.8 Å². The summed E-state index contributed by atoms with van der Waals surface area (Å²) in [7, 11) is 0. The topological polar surface area (TPSA) is 78.4 Å². The molecule has 2 heterocycles. The summed E-state index contributed by atoms with van der Waals surface area (Å²) in [5.41, 5.74) is 1.35. The van der Waals surface area contributed by atoms with E-state index in [1.54, 1.807) is 24.3 Å². The van der Waals surface area contributed by atoms with Gasteiger partial charge in [-0.3, -0.25) is 4.79 Å². The number of carbonyl (C=O) groups excluding carboxylic acids is 1. The van der Waals surface area contributed by atoms with Crippen LogP contribution in [0.1, 0.15) is 23.0 Å². The van der Waals surface area contributed by atoms with Crippen molar-refractivity contribution in [2.45, 2.75) is 26.9 Å². The molecule has 0 amide bonds. The summed E-state index contributed by atoms with van der Waals surface area (Å²) < 4.78 is 16.1. The Bertz CT molecular complexity index is 917. The number of aryl methyl sites for hydroxylation is 2. The molecule has 0 atom stereocenters. The molecule has 0 spiro atoms. The lowest BCUT2D eigenvalue weighted by atomic mass is 10.1. The van der Waals surface area contributed by atoms with Crippen LogP contribution in [0.4, 0.5) is 0 Å². The predicted molar refractivity (Wildman–Crippen MR) is 91.4 cm³/mol. The molecule has 0 saturated carbocycles. The van der Waals surface area contributed by atoms with Crippen molar-refractivity contribution in [3.63, 3.8) is 0 Å². The summed E-state index contributed by atoms with van der Waals surface area (Å²) in [5, 5.41) is 8.73. The largest absolute Gasteiger partial charge is 0.466 e. The smallest absolute Gasteiger partial charge is 0.310 e. The van der Waals surface area contributed by atoms with Crippen molar-refractivity contribution in [1.82, 2.24) is 10.2 Å². The second-order valence-corrected chi connectivity index (χ2v) is 6.24. The number of hydrogen-bond donors (Lipinski definition) is 0. The van der Waals surface area contributed by atoms with Gasteiger partial charge in [-0.2, -0.15) is 0 Å². The van der Waals surface area contributed by atoms with E-state index in [0.717, 1.165) is 11.3 Å². The highest BCUT2D eigenvalue weighted by Gasteiger charge is 2.16. The number of aromatic nitrogens is 2. The summed E-state index contributed by atoms with van der Waals surface area (Å²) in [5.74, 6) is 1.49. The zero-order valence-corrected chi connectivity index (χ0v) is 15.0. The minimum Gasteiger partial charge on any atom is -0.466 e. The number of ether oxygens (including phenoxy) is 1. The van der Waals surface area contributed by atoms with Crippen molar-refractivity contribution in [2.75, 3.05) is 0 Å². The predicted octanol–water partition coefficient (Wildman–Crippen LogP) is 4.54. The normalized spacial score (nSPS) is 10.9. The molecule has 0 saturated heterocycles. The van der Waals surface area contributed by atoms with E-state index in [2.05, 4.69) is 10.2 Å². The quantitative estimate of drug-likeness (QED) is 0.604. The van der Waals surface area contributed by atoms with Crippen LogP contribution in [0.15, 0.2) is 33.1 Å². The van der Waals surface area contributed by atoms with Crippen LogP contribution in [-0.4, -0.2) is 16.2 Å². The molecule has 6 nitrogen and oxygen atoms in total. The van der Waals surface area contributed by atoms with Gasteiger partial charge in [-0.15, -0.1) is 10.2 Å². The van der Waals surface area contributed by atoms with Gasteiger partial charge in [0, 0.05) is 10.0 Å². The van der Waals surface area contributed by atoms with Crippen molar-refractivity contribution in [3.05, 3.63) is 57.3 Å². The van der Waals surface area contributed by atoms with Crippen molar-refractivity contribution in [3.8, 4) is 11.5 Å². The molecule has 0 radical (unpaired) electrons. The van der Waals surface area contributed by atoms with E-state index in [-0.39, 0.29) is 18.9 Å².